The number of aliphatic hydroxyl groups excluding tert-OH is 1. The molecule has 1 aromatic heterocycles. The van der Waals surface area contributed by atoms with Crippen LogP contribution in [0.2, 0.25) is 0 Å². The van der Waals surface area contributed by atoms with Gasteiger partial charge in [-0.2, -0.15) is 0 Å². The lowest BCUT2D eigenvalue weighted by Gasteiger charge is -2.30. The van der Waals surface area contributed by atoms with Crippen LogP contribution in [0.1, 0.15) is 77.9 Å². The number of epoxide rings is 1. The standard InChI is InChI=1S/C27H40N2O5S/c1-16-8-7-10-27(6)21(34-27)13-20(17(2)12-19-15-35-22(14-28)29-19)33-23(30)9-11-26(4,5)25(32)18(3)24(16)31/h9,11-12,15-16,18,20-21,24,31H,7-8,10,13-14,28H2,1-6H3/b11-9+,17-12?/t16-,18+,20-,21-,24-,27+/m0/s1. The summed E-state index contributed by atoms with van der Waals surface area (Å²) >= 11 is 1.50. The first-order chi connectivity index (χ1) is 16.4. The van der Waals surface area contributed by atoms with E-state index in [1.54, 1.807) is 26.8 Å². The van der Waals surface area contributed by atoms with E-state index >= 15 is 0 Å². The number of carbonyl (C=O) groups excluding carboxylic acids is 2. The number of fused-ring (bicyclic) bond motifs is 1. The van der Waals surface area contributed by atoms with Gasteiger partial charge in [0.15, 0.2) is 0 Å². The lowest BCUT2D eigenvalue weighted by molar-refractivity contribution is -0.141. The number of hydrogen-bond donors (Lipinski definition) is 2. The SMILES string of the molecule is CC(=Cc1csc(CN)n1)[C@@H]1C[C@@H]2O[C@]2(C)CCC[C@H](C)[C@H](O)[C@@H](C)C(=O)C(C)(C)/C=C/C(=O)O1. The normalized spacial score (nSPS) is 35.8. The number of cyclic esters (lactones) is 1. The number of aliphatic hydroxyl groups is 1. The van der Waals surface area contributed by atoms with E-state index in [0.717, 1.165) is 35.5 Å². The fraction of sp³-hybridized carbons (Fsp3) is 0.667. The number of nitrogens with two attached hydrogens (primary N) is 1. The largest absolute Gasteiger partial charge is 0.455 e. The van der Waals surface area contributed by atoms with Crippen LogP contribution in [0, 0.1) is 17.3 Å². The van der Waals surface area contributed by atoms with Gasteiger partial charge in [0.25, 0.3) is 0 Å². The van der Waals surface area contributed by atoms with Crippen LogP contribution in [-0.2, 0) is 25.6 Å². The van der Waals surface area contributed by atoms with E-state index in [-0.39, 0.29) is 23.4 Å². The first-order valence-electron chi connectivity index (χ1n) is 12.5. The quantitative estimate of drug-likeness (QED) is 0.462. The Kier molecular flexibility index (Phi) is 8.73. The fourth-order valence-corrected chi connectivity index (χ4v) is 5.49. The maximum absolute atomic E-state index is 13.1. The second-order valence-corrected chi connectivity index (χ2v) is 11.8. The van der Waals surface area contributed by atoms with Gasteiger partial charge < -0.3 is 20.3 Å². The Labute approximate surface area is 212 Å². The van der Waals surface area contributed by atoms with Crippen molar-refractivity contribution >= 4 is 29.2 Å². The number of thiazole rings is 1. The third-order valence-electron chi connectivity index (χ3n) is 7.46. The summed E-state index contributed by atoms with van der Waals surface area (Å²) in [6.45, 7) is 11.7. The van der Waals surface area contributed by atoms with Gasteiger partial charge in [-0.05, 0) is 58.1 Å². The van der Waals surface area contributed by atoms with Crippen LogP contribution < -0.4 is 5.73 Å². The lowest BCUT2D eigenvalue weighted by atomic mass is 9.76. The van der Waals surface area contributed by atoms with E-state index in [2.05, 4.69) is 11.9 Å². The highest BCUT2D eigenvalue weighted by molar-refractivity contribution is 7.09. The molecule has 3 N–H and O–H groups in total. The highest BCUT2D eigenvalue weighted by Crippen LogP contribution is 2.45. The molecule has 194 valence electrons. The zero-order valence-corrected chi connectivity index (χ0v) is 22.6. The van der Waals surface area contributed by atoms with Crippen LogP contribution in [-0.4, -0.2) is 45.8 Å². The molecule has 1 fully saturated rings. The van der Waals surface area contributed by atoms with Gasteiger partial charge in [-0.3, -0.25) is 4.79 Å². The molecule has 6 atom stereocenters. The number of ether oxygens (including phenoxy) is 2. The smallest absolute Gasteiger partial charge is 0.331 e. The van der Waals surface area contributed by atoms with Crippen LogP contribution in [0.4, 0.5) is 0 Å². The molecule has 3 heterocycles. The Hall–Kier alpha value is -1.87. The zero-order chi connectivity index (χ0) is 26.0. The summed E-state index contributed by atoms with van der Waals surface area (Å²) in [6.07, 6.45) is 6.69. The molecule has 7 nitrogen and oxygen atoms in total. The van der Waals surface area contributed by atoms with Gasteiger partial charge in [-0.15, -0.1) is 11.3 Å². The summed E-state index contributed by atoms with van der Waals surface area (Å²) in [5.74, 6) is -1.16. The van der Waals surface area contributed by atoms with Gasteiger partial charge in [0.1, 0.15) is 16.9 Å². The number of aromatic nitrogens is 1. The molecule has 8 heteroatoms. The number of ketones is 1. The third kappa shape index (κ3) is 6.88. The molecule has 0 saturated carbocycles. The van der Waals surface area contributed by atoms with Gasteiger partial charge >= 0.3 is 5.97 Å². The van der Waals surface area contributed by atoms with Gasteiger partial charge in [0.05, 0.1) is 23.5 Å². The predicted molar refractivity (Wildman–Crippen MR) is 138 cm³/mol. The van der Waals surface area contributed by atoms with Crippen molar-refractivity contribution in [2.45, 2.75) is 97.7 Å². The van der Waals surface area contributed by atoms with Gasteiger partial charge in [-0.1, -0.05) is 26.3 Å². The Morgan fingerprint density at radius 1 is 1.31 bits per heavy atom. The van der Waals surface area contributed by atoms with E-state index in [1.807, 2.05) is 25.3 Å². The summed E-state index contributed by atoms with van der Waals surface area (Å²) in [5.41, 5.74) is 6.17. The Morgan fingerprint density at radius 2 is 2.03 bits per heavy atom. The number of esters is 1. The molecule has 0 radical (unpaired) electrons. The minimum absolute atomic E-state index is 0.0122. The molecular formula is C27H40N2O5S. The van der Waals surface area contributed by atoms with Crippen LogP contribution in [0.3, 0.4) is 0 Å². The first kappa shape index (κ1) is 27.7. The molecule has 1 aromatic rings. The minimum Gasteiger partial charge on any atom is -0.455 e. The van der Waals surface area contributed by atoms with Crippen LogP contribution in [0.15, 0.2) is 23.1 Å². The molecule has 0 aromatic carbocycles. The maximum Gasteiger partial charge on any atom is 0.331 e. The molecule has 0 spiro atoms. The minimum atomic E-state index is -0.909. The zero-order valence-electron chi connectivity index (χ0n) is 21.7. The van der Waals surface area contributed by atoms with Crippen molar-refractivity contribution in [3.05, 3.63) is 33.8 Å². The second kappa shape index (κ2) is 11.0. The monoisotopic (exact) mass is 504 g/mol. The summed E-state index contributed by atoms with van der Waals surface area (Å²) in [5, 5.41) is 13.6. The van der Waals surface area contributed by atoms with Crippen molar-refractivity contribution in [3.63, 3.8) is 0 Å². The van der Waals surface area contributed by atoms with Gasteiger partial charge in [0, 0.05) is 35.8 Å². The highest BCUT2D eigenvalue weighted by Gasteiger charge is 2.52. The number of Topliss-reactive ketones (excluding diaryl/α,β-unsaturated/α-hetero) is 1. The fourth-order valence-electron chi connectivity index (χ4n) is 4.86. The molecule has 2 aliphatic heterocycles. The van der Waals surface area contributed by atoms with Crippen LogP contribution >= 0.6 is 11.3 Å². The summed E-state index contributed by atoms with van der Waals surface area (Å²) < 4.78 is 11.9. The molecule has 0 aliphatic carbocycles. The number of rotatable bonds is 3. The number of hydrogen-bond acceptors (Lipinski definition) is 8. The van der Waals surface area contributed by atoms with Crippen LogP contribution in [0.25, 0.3) is 6.08 Å². The predicted octanol–water partition coefficient (Wildman–Crippen LogP) is 4.43. The molecule has 2 aliphatic rings. The van der Waals surface area contributed by atoms with Crippen molar-refractivity contribution in [1.29, 1.82) is 0 Å². The molecule has 35 heavy (non-hydrogen) atoms. The molecule has 3 rings (SSSR count). The average Bonchev–Trinajstić information content (AvgIpc) is 3.22. The number of allylic oxidation sites excluding steroid dienone is 1. The Morgan fingerprint density at radius 3 is 2.69 bits per heavy atom. The molecule has 0 bridgehead atoms. The summed E-state index contributed by atoms with van der Waals surface area (Å²) in [4.78, 5) is 30.4. The van der Waals surface area contributed by atoms with E-state index in [0.29, 0.717) is 13.0 Å². The molecule has 0 unspecified atom stereocenters. The first-order valence-corrected chi connectivity index (χ1v) is 13.4. The molecule has 0 amide bonds. The van der Waals surface area contributed by atoms with E-state index in [9.17, 15) is 14.7 Å². The molecular weight excluding hydrogens is 464 g/mol. The van der Waals surface area contributed by atoms with Gasteiger partial charge in [-0.25, -0.2) is 9.78 Å². The van der Waals surface area contributed by atoms with Crippen LogP contribution in [0.5, 0.6) is 0 Å². The lowest BCUT2D eigenvalue weighted by Crippen LogP contribution is -2.38. The van der Waals surface area contributed by atoms with Crippen molar-refractivity contribution in [1.82, 2.24) is 4.98 Å². The molecule has 1 saturated heterocycles. The Bertz CT molecular complexity index is 984. The summed E-state index contributed by atoms with van der Waals surface area (Å²) in [6, 6.07) is 0. The average molecular weight is 505 g/mol. The number of nitrogens with zero attached hydrogens (tertiary/aromatic N) is 1. The van der Waals surface area contributed by atoms with Crippen molar-refractivity contribution in [3.8, 4) is 0 Å². The maximum atomic E-state index is 13.1. The van der Waals surface area contributed by atoms with E-state index < -0.39 is 29.5 Å². The van der Waals surface area contributed by atoms with Crippen molar-refractivity contribution < 1.29 is 24.2 Å². The Balaban J connectivity index is 1.86. The van der Waals surface area contributed by atoms with E-state index in [4.69, 9.17) is 15.2 Å². The topological polar surface area (TPSA) is 115 Å². The van der Waals surface area contributed by atoms with Crippen molar-refractivity contribution in [2.24, 2.45) is 23.0 Å². The van der Waals surface area contributed by atoms with Gasteiger partial charge in [0.2, 0.25) is 0 Å². The summed E-state index contributed by atoms with van der Waals surface area (Å²) in [7, 11) is 0. The van der Waals surface area contributed by atoms with Crippen molar-refractivity contribution in [2.75, 3.05) is 0 Å². The number of carbonyl (C=O) groups is 2. The highest BCUT2D eigenvalue weighted by atomic mass is 32.1. The second-order valence-electron chi connectivity index (χ2n) is 10.9. The third-order valence-corrected chi connectivity index (χ3v) is 8.35. The van der Waals surface area contributed by atoms with E-state index in [1.165, 1.54) is 17.4 Å².